The van der Waals surface area contributed by atoms with Gasteiger partial charge in [-0.3, -0.25) is 4.79 Å². The Morgan fingerprint density at radius 2 is 1.67 bits per heavy atom. The Kier molecular flexibility index (Phi) is 5.81. The van der Waals surface area contributed by atoms with Gasteiger partial charge in [0.15, 0.2) is 11.5 Å². The minimum atomic E-state index is -4.83. The van der Waals surface area contributed by atoms with E-state index in [0.29, 0.717) is 5.69 Å². The average Bonchev–Trinajstić information content (AvgIpc) is 2.66. The van der Waals surface area contributed by atoms with Gasteiger partial charge in [0.25, 0.3) is 5.91 Å². The number of benzene rings is 2. The van der Waals surface area contributed by atoms with E-state index < -0.39 is 18.0 Å². The largest absolute Gasteiger partial charge is 0.573 e. The number of carbonyl (C=O) groups excluding carboxylic acids is 1. The summed E-state index contributed by atoms with van der Waals surface area (Å²) in [5.74, 6) is -0.600. The molecule has 0 aliphatic heterocycles. The summed E-state index contributed by atoms with van der Waals surface area (Å²) < 4.78 is 47.0. The molecule has 0 spiro atoms. The normalized spacial score (nSPS) is 11.1. The Morgan fingerprint density at radius 1 is 1.03 bits per heavy atom. The maximum atomic E-state index is 12.5. The summed E-state index contributed by atoms with van der Waals surface area (Å²) in [7, 11) is 0. The number of nitrogens with zero attached hydrogens (tertiary/aromatic N) is 1. The molecule has 0 saturated carbocycles. The number of nitrogens with two attached hydrogens (primary N) is 1. The number of hydrogen-bond acceptors (Lipinski definition) is 5. The van der Waals surface area contributed by atoms with Gasteiger partial charge in [-0.2, -0.15) is 0 Å². The van der Waals surface area contributed by atoms with E-state index in [1.807, 2.05) is 6.92 Å². The second-order valence-electron chi connectivity index (χ2n) is 6.40. The summed E-state index contributed by atoms with van der Waals surface area (Å²) in [6.45, 7) is 3.62. The molecule has 0 aliphatic carbocycles. The summed E-state index contributed by atoms with van der Waals surface area (Å²) in [4.78, 5) is 16.6. The summed E-state index contributed by atoms with van der Waals surface area (Å²) in [6.07, 6.45) is -4.83. The van der Waals surface area contributed by atoms with Gasteiger partial charge >= 0.3 is 6.36 Å². The van der Waals surface area contributed by atoms with Crippen molar-refractivity contribution < 1.29 is 27.4 Å². The Balaban J connectivity index is 1.72. The Hall–Kier alpha value is -3.75. The van der Waals surface area contributed by atoms with Crippen molar-refractivity contribution in [2.24, 2.45) is 0 Å². The molecular weight excluding hydrogens is 399 g/mol. The molecule has 9 heteroatoms. The first-order valence-electron chi connectivity index (χ1n) is 8.80. The van der Waals surface area contributed by atoms with Crippen molar-refractivity contribution in [3.05, 3.63) is 71.4 Å². The van der Waals surface area contributed by atoms with Crippen LogP contribution in [0.25, 0.3) is 0 Å². The molecule has 0 fully saturated rings. The van der Waals surface area contributed by atoms with Crippen molar-refractivity contribution in [2.75, 3.05) is 11.1 Å². The number of alkyl halides is 3. The molecule has 156 valence electrons. The first kappa shape index (κ1) is 21.0. The minimum Gasteiger partial charge on any atom is -0.453 e. The molecule has 0 bridgehead atoms. The number of aromatic nitrogens is 1. The van der Waals surface area contributed by atoms with Crippen LogP contribution in [-0.4, -0.2) is 17.3 Å². The van der Waals surface area contributed by atoms with E-state index >= 15 is 0 Å². The maximum Gasteiger partial charge on any atom is 0.573 e. The van der Waals surface area contributed by atoms with Gasteiger partial charge in [-0.1, -0.05) is 12.1 Å². The molecule has 2 aromatic carbocycles. The highest BCUT2D eigenvalue weighted by atomic mass is 19.4. The number of hydrogen-bond donors (Lipinski definition) is 2. The van der Waals surface area contributed by atoms with Crippen LogP contribution < -0.4 is 20.5 Å². The molecule has 3 aromatic rings. The highest BCUT2D eigenvalue weighted by molar-refractivity contribution is 6.07. The molecule has 0 aliphatic rings. The topological polar surface area (TPSA) is 86.5 Å². The van der Waals surface area contributed by atoms with Crippen LogP contribution >= 0.6 is 0 Å². The van der Waals surface area contributed by atoms with Crippen molar-refractivity contribution >= 4 is 17.4 Å². The number of nitrogens with one attached hydrogen (secondary N) is 1. The molecule has 6 nitrogen and oxygen atoms in total. The Labute approximate surface area is 170 Å². The van der Waals surface area contributed by atoms with Gasteiger partial charge < -0.3 is 20.5 Å². The lowest BCUT2D eigenvalue weighted by molar-refractivity contribution is -0.275. The third-order valence-corrected chi connectivity index (χ3v) is 4.16. The zero-order valence-electron chi connectivity index (χ0n) is 16.1. The van der Waals surface area contributed by atoms with Gasteiger partial charge in [-0.15, -0.1) is 13.2 Å². The third-order valence-electron chi connectivity index (χ3n) is 4.16. The van der Waals surface area contributed by atoms with Crippen LogP contribution in [0.2, 0.25) is 0 Å². The van der Waals surface area contributed by atoms with Crippen LogP contribution in [0, 0.1) is 13.8 Å². The van der Waals surface area contributed by atoms with Crippen molar-refractivity contribution in [3.8, 4) is 17.2 Å². The minimum absolute atomic E-state index is 0.0967. The monoisotopic (exact) mass is 417 g/mol. The van der Waals surface area contributed by atoms with E-state index in [2.05, 4.69) is 15.0 Å². The molecule has 0 atom stereocenters. The van der Waals surface area contributed by atoms with Gasteiger partial charge in [-0.05, 0) is 61.9 Å². The van der Waals surface area contributed by atoms with Crippen molar-refractivity contribution in [3.63, 3.8) is 0 Å². The number of ether oxygens (including phenoxy) is 2. The molecule has 3 rings (SSSR count). The van der Waals surface area contributed by atoms with E-state index in [1.54, 1.807) is 25.1 Å². The molecular formula is C21H18F3N3O3. The summed E-state index contributed by atoms with van der Waals surface area (Å²) in [5, 5.41) is 2.69. The third kappa shape index (κ3) is 5.19. The summed E-state index contributed by atoms with van der Waals surface area (Å²) >= 11 is 0. The van der Waals surface area contributed by atoms with Crippen LogP contribution in [0.1, 0.15) is 21.6 Å². The van der Waals surface area contributed by atoms with Gasteiger partial charge in [0.05, 0.1) is 5.56 Å². The summed E-state index contributed by atoms with van der Waals surface area (Å²) in [5.41, 5.74) is 8.09. The number of nitrogen functional groups attached to an aromatic ring is 1. The maximum absolute atomic E-state index is 12.5. The van der Waals surface area contributed by atoms with Crippen LogP contribution in [0.5, 0.6) is 17.2 Å². The quantitative estimate of drug-likeness (QED) is 0.594. The van der Waals surface area contributed by atoms with E-state index in [1.165, 1.54) is 30.3 Å². The molecule has 0 radical (unpaired) electrons. The lowest BCUT2D eigenvalue weighted by atomic mass is 10.1. The molecule has 1 aromatic heterocycles. The predicted octanol–water partition coefficient (Wildman–Crippen LogP) is 5.22. The van der Waals surface area contributed by atoms with Crippen LogP contribution in [0.3, 0.4) is 0 Å². The van der Waals surface area contributed by atoms with Gasteiger partial charge in [-0.25, -0.2) is 4.98 Å². The fraction of sp³-hybridized carbons (Fsp3) is 0.143. The van der Waals surface area contributed by atoms with E-state index in [0.717, 1.165) is 17.3 Å². The molecule has 1 amide bonds. The first-order chi connectivity index (χ1) is 14.1. The number of halogens is 3. The SMILES string of the molecule is Cc1cc(C(=O)Nc2ccc(Oc3ccccc3OC(F)(F)F)cc2)c(N)nc1C. The van der Waals surface area contributed by atoms with E-state index in [4.69, 9.17) is 10.5 Å². The van der Waals surface area contributed by atoms with Crippen molar-refractivity contribution in [1.29, 1.82) is 0 Å². The zero-order chi connectivity index (χ0) is 21.9. The van der Waals surface area contributed by atoms with E-state index in [9.17, 15) is 18.0 Å². The fourth-order valence-corrected chi connectivity index (χ4v) is 2.58. The number of aryl methyl sites for hydroxylation is 2. The number of anilines is 2. The molecule has 3 N–H and O–H groups in total. The second-order valence-corrected chi connectivity index (χ2v) is 6.40. The molecule has 0 unspecified atom stereocenters. The van der Waals surface area contributed by atoms with Gasteiger partial charge in [0.2, 0.25) is 0 Å². The summed E-state index contributed by atoms with van der Waals surface area (Å²) in [6, 6.07) is 13.2. The predicted molar refractivity (Wildman–Crippen MR) is 106 cm³/mol. The Bertz CT molecular complexity index is 1070. The zero-order valence-corrected chi connectivity index (χ0v) is 16.1. The van der Waals surface area contributed by atoms with Crippen molar-refractivity contribution in [1.82, 2.24) is 4.98 Å². The van der Waals surface area contributed by atoms with Crippen LogP contribution in [-0.2, 0) is 0 Å². The molecule has 0 saturated heterocycles. The lowest BCUT2D eigenvalue weighted by Crippen LogP contribution is -2.17. The van der Waals surface area contributed by atoms with Crippen LogP contribution in [0.15, 0.2) is 54.6 Å². The van der Waals surface area contributed by atoms with Crippen LogP contribution in [0.4, 0.5) is 24.7 Å². The smallest absolute Gasteiger partial charge is 0.453 e. The standard InChI is InChI=1S/C21H18F3N3O3/c1-12-11-16(19(25)26-13(12)2)20(28)27-14-7-9-15(10-8-14)29-17-5-3-4-6-18(17)30-21(22,23)24/h3-11H,1-2H3,(H2,25,26)(H,27,28). The average molecular weight is 417 g/mol. The fourth-order valence-electron chi connectivity index (χ4n) is 2.58. The van der Waals surface area contributed by atoms with Gasteiger partial charge in [0.1, 0.15) is 11.6 Å². The second kappa shape index (κ2) is 8.32. The van der Waals surface area contributed by atoms with Gasteiger partial charge in [0, 0.05) is 11.4 Å². The lowest BCUT2D eigenvalue weighted by Gasteiger charge is -2.14. The first-order valence-corrected chi connectivity index (χ1v) is 8.80. The number of carbonyl (C=O) groups is 1. The Morgan fingerprint density at radius 3 is 2.30 bits per heavy atom. The van der Waals surface area contributed by atoms with E-state index in [-0.39, 0.29) is 22.9 Å². The molecule has 30 heavy (non-hydrogen) atoms. The highest BCUT2D eigenvalue weighted by Gasteiger charge is 2.32. The molecule has 1 heterocycles. The number of pyridine rings is 1. The van der Waals surface area contributed by atoms with Crippen molar-refractivity contribution in [2.45, 2.75) is 20.2 Å². The number of rotatable bonds is 5. The number of amides is 1. The highest BCUT2D eigenvalue weighted by Crippen LogP contribution is 2.35. The number of para-hydroxylation sites is 2.